The normalized spacial score (nSPS) is 10.6. The Bertz CT molecular complexity index is 1100. The number of methoxy groups -OCH3 is 1. The van der Waals surface area contributed by atoms with E-state index >= 15 is 0 Å². The van der Waals surface area contributed by atoms with Gasteiger partial charge >= 0.3 is 0 Å². The van der Waals surface area contributed by atoms with Gasteiger partial charge in [0.2, 0.25) is 0 Å². The third-order valence-electron chi connectivity index (χ3n) is 4.17. The van der Waals surface area contributed by atoms with Gasteiger partial charge in [-0.1, -0.05) is 18.2 Å². The third kappa shape index (κ3) is 3.65. The van der Waals surface area contributed by atoms with Gasteiger partial charge in [-0.25, -0.2) is 9.67 Å². The number of ether oxygens (including phenoxy) is 1. The first-order valence-electron chi connectivity index (χ1n) is 8.67. The van der Waals surface area contributed by atoms with E-state index in [-0.39, 0.29) is 5.91 Å². The largest absolute Gasteiger partial charge is 0.497 e. The Balaban J connectivity index is 1.74. The number of benzene rings is 2. The Morgan fingerprint density at radius 3 is 2.50 bits per heavy atom. The smallest absolute Gasteiger partial charge is 0.277 e. The maximum atomic E-state index is 12.7. The van der Waals surface area contributed by atoms with Crippen molar-refractivity contribution in [1.29, 1.82) is 0 Å². The molecule has 0 aliphatic heterocycles. The molecule has 0 unspecified atom stereocenters. The lowest BCUT2D eigenvalue weighted by Gasteiger charge is -2.08. The van der Waals surface area contributed by atoms with Crippen molar-refractivity contribution < 1.29 is 9.53 Å². The van der Waals surface area contributed by atoms with E-state index in [0.717, 1.165) is 28.4 Å². The molecule has 6 nitrogen and oxygen atoms in total. The summed E-state index contributed by atoms with van der Waals surface area (Å²) in [7, 11) is 1.63. The molecule has 0 spiro atoms. The zero-order valence-corrected chi connectivity index (χ0v) is 16.2. The number of amides is 1. The van der Waals surface area contributed by atoms with Crippen molar-refractivity contribution in [2.75, 3.05) is 12.4 Å². The molecular formula is C21H18N4O2S. The van der Waals surface area contributed by atoms with Crippen LogP contribution in [0.15, 0.2) is 66.0 Å². The minimum Gasteiger partial charge on any atom is -0.497 e. The molecule has 0 fully saturated rings. The Labute approximate surface area is 166 Å². The molecule has 0 radical (unpaired) electrons. The fraction of sp³-hybridized carbons (Fsp3) is 0.0952. The molecule has 4 aromatic rings. The molecule has 0 saturated heterocycles. The topological polar surface area (TPSA) is 69.0 Å². The van der Waals surface area contributed by atoms with Gasteiger partial charge in [-0.15, -0.1) is 11.3 Å². The fourth-order valence-corrected chi connectivity index (χ4v) is 3.48. The second kappa shape index (κ2) is 7.66. The van der Waals surface area contributed by atoms with Gasteiger partial charge in [0.1, 0.15) is 5.75 Å². The van der Waals surface area contributed by atoms with Gasteiger partial charge in [-0.05, 0) is 49.4 Å². The number of rotatable bonds is 5. The van der Waals surface area contributed by atoms with Gasteiger partial charge in [0.25, 0.3) is 5.91 Å². The van der Waals surface area contributed by atoms with Crippen LogP contribution in [0.4, 0.5) is 5.13 Å². The number of aromatic nitrogens is 3. The highest BCUT2D eigenvalue weighted by atomic mass is 32.1. The summed E-state index contributed by atoms with van der Waals surface area (Å²) in [5.41, 5.74) is 3.81. The molecule has 140 valence electrons. The van der Waals surface area contributed by atoms with Crippen molar-refractivity contribution in [3.63, 3.8) is 0 Å². The van der Waals surface area contributed by atoms with Gasteiger partial charge in [0.05, 0.1) is 24.2 Å². The van der Waals surface area contributed by atoms with Crippen molar-refractivity contribution in [3.05, 3.63) is 77.4 Å². The first-order valence-corrected chi connectivity index (χ1v) is 9.55. The van der Waals surface area contributed by atoms with Crippen molar-refractivity contribution in [2.45, 2.75) is 6.92 Å². The monoisotopic (exact) mass is 390 g/mol. The number of thiazole rings is 1. The number of carbonyl (C=O) groups is 1. The maximum absolute atomic E-state index is 12.7. The number of nitrogens with zero attached hydrogens (tertiary/aromatic N) is 3. The van der Waals surface area contributed by atoms with E-state index in [2.05, 4.69) is 15.4 Å². The second-order valence-corrected chi connectivity index (χ2v) is 7.00. The van der Waals surface area contributed by atoms with Crippen molar-refractivity contribution in [3.8, 4) is 22.7 Å². The molecule has 0 bridgehead atoms. The van der Waals surface area contributed by atoms with Crippen molar-refractivity contribution in [1.82, 2.24) is 14.8 Å². The summed E-state index contributed by atoms with van der Waals surface area (Å²) < 4.78 is 7.01. The number of hydrogen-bond acceptors (Lipinski definition) is 5. The molecular weight excluding hydrogens is 372 g/mol. The van der Waals surface area contributed by atoms with E-state index in [9.17, 15) is 4.79 Å². The van der Waals surface area contributed by atoms with Crippen LogP contribution in [-0.4, -0.2) is 27.8 Å². The molecule has 0 aliphatic carbocycles. The minimum absolute atomic E-state index is 0.293. The fourth-order valence-electron chi connectivity index (χ4n) is 2.80. The summed E-state index contributed by atoms with van der Waals surface area (Å²) in [4.78, 5) is 17.0. The zero-order chi connectivity index (χ0) is 19.5. The van der Waals surface area contributed by atoms with Crippen LogP contribution in [0, 0.1) is 6.92 Å². The predicted octanol–water partition coefficient (Wildman–Crippen LogP) is 4.57. The van der Waals surface area contributed by atoms with E-state index in [1.807, 2.05) is 66.9 Å². The van der Waals surface area contributed by atoms with Gasteiger partial charge in [-0.2, -0.15) is 5.10 Å². The Hall–Kier alpha value is -3.45. The van der Waals surface area contributed by atoms with Crippen LogP contribution in [0.5, 0.6) is 5.75 Å². The number of aryl methyl sites for hydroxylation is 1. The average Bonchev–Trinajstić information content (AvgIpc) is 3.35. The van der Waals surface area contributed by atoms with Crippen LogP contribution < -0.4 is 10.1 Å². The molecule has 2 aromatic carbocycles. The quantitative estimate of drug-likeness (QED) is 0.542. The van der Waals surface area contributed by atoms with E-state index in [1.165, 1.54) is 11.3 Å². The average molecular weight is 390 g/mol. The van der Waals surface area contributed by atoms with Crippen LogP contribution in [0.2, 0.25) is 0 Å². The Morgan fingerprint density at radius 1 is 1.11 bits per heavy atom. The highest BCUT2D eigenvalue weighted by molar-refractivity contribution is 7.13. The van der Waals surface area contributed by atoms with E-state index in [1.54, 1.807) is 17.9 Å². The molecule has 4 rings (SSSR count). The Kier molecular flexibility index (Phi) is 4.90. The summed E-state index contributed by atoms with van der Waals surface area (Å²) >= 11 is 1.39. The summed E-state index contributed by atoms with van der Waals surface area (Å²) in [6.45, 7) is 1.89. The highest BCUT2D eigenvalue weighted by Gasteiger charge is 2.18. The van der Waals surface area contributed by atoms with Gasteiger partial charge in [0, 0.05) is 10.9 Å². The van der Waals surface area contributed by atoms with Gasteiger partial charge in [0.15, 0.2) is 10.8 Å². The van der Waals surface area contributed by atoms with Crippen LogP contribution in [0.1, 0.15) is 16.2 Å². The molecule has 2 aromatic heterocycles. The van der Waals surface area contributed by atoms with E-state index in [4.69, 9.17) is 4.74 Å². The number of nitrogens with one attached hydrogen (secondary N) is 1. The Morgan fingerprint density at radius 2 is 1.86 bits per heavy atom. The molecule has 1 amide bonds. The summed E-state index contributed by atoms with van der Waals surface area (Å²) in [6.07, 6.45) is 0. The lowest BCUT2D eigenvalue weighted by molar-refractivity contribution is 0.102. The van der Waals surface area contributed by atoms with Gasteiger partial charge < -0.3 is 4.74 Å². The number of hydrogen-bond donors (Lipinski definition) is 1. The van der Waals surface area contributed by atoms with Crippen molar-refractivity contribution in [2.24, 2.45) is 0 Å². The third-order valence-corrected chi connectivity index (χ3v) is 5.04. The first kappa shape index (κ1) is 17.9. The second-order valence-electron chi connectivity index (χ2n) is 6.14. The molecule has 28 heavy (non-hydrogen) atoms. The lowest BCUT2D eigenvalue weighted by Crippen LogP contribution is -2.13. The highest BCUT2D eigenvalue weighted by Crippen LogP contribution is 2.26. The van der Waals surface area contributed by atoms with Crippen LogP contribution in [0.3, 0.4) is 0 Å². The maximum Gasteiger partial charge on any atom is 0.277 e. The van der Waals surface area contributed by atoms with Crippen LogP contribution in [0.25, 0.3) is 16.9 Å². The summed E-state index contributed by atoms with van der Waals surface area (Å²) in [6, 6.07) is 19.2. The first-order chi connectivity index (χ1) is 13.6. The van der Waals surface area contributed by atoms with Gasteiger partial charge in [-0.3, -0.25) is 10.1 Å². The van der Waals surface area contributed by atoms with Crippen LogP contribution in [-0.2, 0) is 0 Å². The summed E-state index contributed by atoms with van der Waals surface area (Å²) in [5.74, 6) is 0.477. The molecule has 0 atom stereocenters. The lowest BCUT2D eigenvalue weighted by atomic mass is 10.1. The minimum atomic E-state index is -0.293. The predicted molar refractivity (Wildman–Crippen MR) is 110 cm³/mol. The standard InChI is InChI=1S/C21H18N4O2S/c1-14-13-28-21(22-14)23-20(26)18-12-19(15-8-10-17(27-2)11-9-15)25(24-18)16-6-4-3-5-7-16/h3-13H,1-2H3,(H,22,23,26). The van der Waals surface area contributed by atoms with E-state index < -0.39 is 0 Å². The number of carbonyl (C=O) groups excluding carboxylic acids is 1. The zero-order valence-electron chi connectivity index (χ0n) is 15.4. The number of para-hydroxylation sites is 1. The number of anilines is 1. The molecule has 0 aliphatic rings. The SMILES string of the molecule is COc1ccc(-c2cc(C(=O)Nc3nc(C)cs3)nn2-c2ccccc2)cc1. The molecule has 2 heterocycles. The van der Waals surface area contributed by atoms with E-state index in [0.29, 0.717) is 10.8 Å². The molecule has 1 N–H and O–H groups in total. The van der Waals surface area contributed by atoms with Crippen LogP contribution >= 0.6 is 11.3 Å². The molecule has 0 saturated carbocycles. The van der Waals surface area contributed by atoms with Crippen molar-refractivity contribution >= 4 is 22.4 Å². The summed E-state index contributed by atoms with van der Waals surface area (Å²) in [5, 5.41) is 9.81. The molecule has 7 heteroatoms.